The quantitative estimate of drug-likeness (QED) is 0.450. The van der Waals surface area contributed by atoms with E-state index in [0.29, 0.717) is 5.75 Å². The van der Waals surface area contributed by atoms with E-state index in [9.17, 15) is 4.79 Å². The molecule has 0 aliphatic rings. The van der Waals surface area contributed by atoms with Gasteiger partial charge in [0.2, 0.25) is 0 Å². The Morgan fingerprint density at radius 3 is 2.71 bits per heavy atom. The predicted molar refractivity (Wildman–Crippen MR) is 62.2 cm³/mol. The number of amides is 1. The SMILES string of the molecule is COc1ccc(C(=O)NCCO)cc1B(O)O. The Morgan fingerprint density at radius 1 is 1.47 bits per heavy atom. The number of hydrogen-bond acceptors (Lipinski definition) is 5. The van der Waals surface area contributed by atoms with Crippen LogP contribution in [0.1, 0.15) is 10.4 Å². The van der Waals surface area contributed by atoms with Crippen LogP contribution < -0.4 is 15.5 Å². The van der Waals surface area contributed by atoms with Crippen molar-refractivity contribution < 1.29 is 24.7 Å². The molecule has 7 heteroatoms. The van der Waals surface area contributed by atoms with Gasteiger partial charge in [0.1, 0.15) is 5.75 Å². The van der Waals surface area contributed by atoms with E-state index >= 15 is 0 Å². The first-order valence-electron chi connectivity index (χ1n) is 5.03. The lowest BCUT2D eigenvalue weighted by Crippen LogP contribution is -2.33. The van der Waals surface area contributed by atoms with Gasteiger partial charge < -0.3 is 25.2 Å². The van der Waals surface area contributed by atoms with Crippen molar-refractivity contribution in [3.63, 3.8) is 0 Å². The number of carbonyl (C=O) groups is 1. The summed E-state index contributed by atoms with van der Waals surface area (Å²) < 4.78 is 4.93. The summed E-state index contributed by atoms with van der Waals surface area (Å²) in [7, 11) is -0.317. The van der Waals surface area contributed by atoms with Crippen molar-refractivity contribution in [1.82, 2.24) is 5.32 Å². The molecule has 0 fully saturated rings. The third-order valence-electron chi connectivity index (χ3n) is 2.17. The summed E-state index contributed by atoms with van der Waals surface area (Å²) in [6.07, 6.45) is 0. The third-order valence-corrected chi connectivity index (χ3v) is 2.17. The maximum Gasteiger partial charge on any atom is 0.492 e. The maximum atomic E-state index is 11.6. The van der Waals surface area contributed by atoms with E-state index in [2.05, 4.69) is 5.32 Å². The third kappa shape index (κ3) is 3.45. The Bertz CT molecular complexity index is 396. The first kappa shape index (κ1) is 13.5. The number of carbonyl (C=O) groups excluding carboxylic acids is 1. The van der Waals surface area contributed by atoms with E-state index in [4.69, 9.17) is 19.9 Å². The van der Waals surface area contributed by atoms with Crippen LogP contribution in [-0.4, -0.2) is 48.4 Å². The number of aliphatic hydroxyl groups is 1. The molecule has 0 spiro atoms. The van der Waals surface area contributed by atoms with Crippen molar-refractivity contribution in [3.05, 3.63) is 23.8 Å². The Balaban J connectivity index is 2.95. The largest absolute Gasteiger partial charge is 0.497 e. The van der Waals surface area contributed by atoms with Crippen LogP contribution in [0.4, 0.5) is 0 Å². The zero-order valence-corrected chi connectivity index (χ0v) is 9.38. The number of rotatable bonds is 5. The average molecular weight is 239 g/mol. The molecule has 1 rings (SSSR count). The number of methoxy groups -OCH3 is 1. The predicted octanol–water partition coefficient (Wildman–Crippen LogP) is -1.90. The van der Waals surface area contributed by atoms with Crippen LogP contribution in [0, 0.1) is 0 Å². The molecule has 0 saturated carbocycles. The molecular weight excluding hydrogens is 225 g/mol. The number of nitrogens with one attached hydrogen (secondary N) is 1. The number of benzene rings is 1. The highest BCUT2D eigenvalue weighted by atomic mass is 16.5. The summed E-state index contributed by atoms with van der Waals surface area (Å²) in [5.41, 5.74) is 0.381. The van der Waals surface area contributed by atoms with Crippen LogP contribution >= 0.6 is 0 Å². The van der Waals surface area contributed by atoms with Crippen LogP contribution in [0.15, 0.2) is 18.2 Å². The van der Waals surface area contributed by atoms with Crippen LogP contribution in [0.25, 0.3) is 0 Å². The maximum absolute atomic E-state index is 11.6. The van der Waals surface area contributed by atoms with Gasteiger partial charge in [-0.2, -0.15) is 0 Å². The highest BCUT2D eigenvalue weighted by molar-refractivity contribution is 6.59. The van der Waals surface area contributed by atoms with Gasteiger partial charge in [-0.25, -0.2) is 0 Å². The van der Waals surface area contributed by atoms with Crippen molar-refractivity contribution >= 4 is 18.5 Å². The molecule has 1 aromatic rings. The van der Waals surface area contributed by atoms with E-state index < -0.39 is 13.0 Å². The monoisotopic (exact) mass is 239 g/mol. The highest BCUT2D eigenvalue weighted by Gasteiger charge is 2.19. The summed E-state index contributed by atoms with van der Waals surface area (Å²) in [4.78, 5) is 11.6. The molecule has 0 aromatic heterocycles. The van der Waals surface area contributed by atoms with Crippen molar-refractivity contribution in [2.24, 2.45) is 0 Å². The highest BCUT2D eigenvalue weighted by Crippen LogP contribution is 2.09. The lowest BCUT2D eigenvalue weighted by molar-refractivity contribution is 0.0945. The number of hydrogen-bond donors (Lipinski definition) is 4. The second-order valence-electron chi connectivity index (χ2n) is 3.31. The molecule has 0 aliphatic carbocycles. The lowest BCUT2D eigenvalue weighted by atomic mass is 9.78. The smallest absolute Gasteiger partial charge is 0.492 e. The fourth-order valence-corrected chi connectivity index (χ4v) is 1.35. The van der Waals surface area contributed by atoms with E-state index in [1.807, 2.05) is 0 Å². The minimum Gasteiger partial charge on any atom is -0.497 e. The molecule has 0 heterocycles. The molecular formula is C10H14BNO5. The molecule has 0 radical (unpaired) electrons. The van der Waals surface area contributed by atoms with Crippen molar-refractivity contribution in [3.8, 4) is 5.75 Å². The topological polar surface area (TPSA) is 99.0 Å². The number of ether oxygens (including phenoxy) is 1. The summed E-state index contributed by atoms with van der Waals surface area (Å²) in [6, 6.07) is 4.30. The standard InChI is InChI=1S/C10H14BNO5/c1-17-9-3-2-7(6-8(9)11(15)16)10(14)12-4-5-13/h2-3,6,13,15-16H,4-5H2,1H3,(H,12,14). The first-order valence-corrected chi connectivity index (χ1v) is 5.03. The Kier molecular flexibility index (Phi) is 4.95. The molecule has 0 aliphatic heterocycles. The first-order chi connectivity index (χ1) is 8.10. The lowest BCUT2D eigenvalue weighted by Gasteiger charge is -2.10. The van der Waals surface area contributed by atoms with Crippen LogP contribution in [-0.2, 0) is 0 Å². The van der Waals surface area contributed by atoms with Gasteiger partial charge in [0.05, 0.1) is 13.7 Å². The van der Waals surface area contributed by atoms with Crippen molar-refractivity contribution in [2.45, 2.75) is 0 Å². The Labute approximate surface area is 99.0 Å². The normalized spacial score (nSPS) is 9.88. The molecule has 4 N–H and O–H groups in total. The van der Waals surface area contributed by atoms with E-state index in [1.54, 1.807) is 0 Å². The molecule has 17 heavy (non-hydrogen) atoms. The second kappa shape index (κ2) is 6.24. The van der Waals surface area contributed by atoms with Crippen LogP contribution in [0.2, 0.25) is 0 Å². The van der Waals surface area contributed by atoms with Crippen LogP contribution in [0.3, 0.4) is 0 Å². The fraction of sp³-hybridized carbons (Fsp3) is 0.300. The molecule has 0 atom stereocenters. The van der Waals surface area contributed by atoms with Gasteiger partial charge in [-0.3, -0.25) is 4.79 Å². The van der Waals surface area contributed by atoms with Gasteiger partial charge in [-0.05, 0) is 18.2 Å². The summed E-state index contributed by atoms with van der Waals surface area (Å²) in [5, 5.41) is 29.3. The number of aliphatic hydroxyl groups excluding tert-OH is 1. The molecule has 1 amide bonds. The van der Waals surface area contributed by atoms with Gasteiger partial charge in [0, 0.05) is 17.6 Å². The zero-order chi connectivity index (χ0) is 12.8. The van der Waals surface area contributed by atoms with E-state index in [-0.39, 0.29) is 24.2 Å². The molecule has 0 bridgehead atoms. The van der Waals surface area contributed by atoms with Gasteiger partial charge in [-0.15, -0.1) is 0 Å². The zero-order valence-electron chi connectivity index (χ0n) is 9.38. The average Bonchev–Trinajstić information content (AvgIpc) is 2.34. The van der Waals surface area contributed by atoms with Gasteiger partial charge in [-0.1, -0.05) is 0 Å². The summed E-state index contributed by atoms with van der Waals surface area (Å²) in [6.45, 7) is -0.0146. The molecule has 92 valence electrons. The van der Waals surface area contributed by atoms with Gasteiger partial charge in [0.15, 0.2) is 0 Å². The molecule has 1 aromatic carbocycles. The Hall–Kier alpha value is -1.57. The minimum absolute atomic E-state index is 0.115. The molecule has 0 unspecified atom stereocenters. The fourth-order valence-electron chi connectivity index (χ4n) is 1.35. The summed E-state index contributed by atoms with van der Waals surface area (Å²) >= 11 is 0. The molecule has 6 nitrogen and oxygen atoms in total. The van der Waals surface area contributed by atoms with Gasteiger partial charge in [0.25, 0.3) is 5.91 Å². The van der Waals surface area contributed by atoms with Crippen LogP contribution in [0.5, 0.6) is 5.75 Å². The minimum atomic E-state index is -1.71. The Morgan fingerprint density at radius 2 is 2.18 bits per heavy atom. The van der Waals surface area contributed by atoms with Crippen molar-refractivity contribution in [2.75, 3.05) is 20.3 Å². The second-order valence-corrected chi connectivity index (χ2v) is 3.31. The summed E-state index contributed by atoms with van der Waals surface area (Å²) in [5.74, 6) is -0.109. The van der Waals surface area contributed by atoms with E-state index in [1.165, 1.54) is 25.3 Å². The molecule has 0 saturated heterocycles. The van der Waals surface area contributed by atoms with Gasteiger partial charge >= 0.3 is 7.12 Å². The van der Waals surface area contributed by atoms with Crippen molar-refractivity contribution in [1.29, 1.82) is 0 Å². The van der Waals surface area contributed by atoms with E-state index in [0.717, 1.165) is 0 Å².